The Balaban J connectivity index is 1.71. The van der Waals surface area contributed by atoms with Crippen molar-refractivity contribution in [2.45, 2.75) is 44.9 Å². The molecule has 1 unspecified atom stereocenters. The molecule has 2 rings (SSSR count). The van der Waals surface area contributed by atoms with Crippen molar-refractivity contribution in [3.8, 4) is 0 Å². The Morgan fingerprint density at radius 1 is 1.67 bits per heavy atom. The normalized spacial score (nSPS) is 27.3. The molecule has 2 N–H and O–H groups in total. The number of hydrogen-bond acceptors (Lipinski definition) is 3. The van der Waals surface area contributed by atoms with Crippen LogP contribution < -0.4 is 5.32 Å². The first-order valence-corrected chi connectivity index (χ1v) is 5.66. The van der Waals surface area contributed by atoms with Gasteiger partial charge in [0.1, 0.15) is 0 Å². The fourth-order valence-corrected chi connectivity index (χ4v) is 2.02. The monoisotopic (exact) mass is 209 g/mol. The zero-order chi connectivity index (χ0) is 10.7. The fraction of sp³-hybridized carbons (Fsp3) is 0.727. The van der Waals surface area contributed by atoms with Crippen molar-refractivity contribution < 1.29 is 4.74 Å². The van der Waals surface area contributed by atoms with E-state index in [1.54, 1.807) is 0 Å². The number of hydrogen-bond donors (Lipinski definition) is 2. The first-order valence-electron chi connectivity index (χ1n) is 5.66. The van der Waals surface area contributed by atoms with E-state index < -0.39 is 0 Å². The number of nitrogens with one attached hydrogen (secondary N) is 2. The number of ether oxygens (including phenoxy) is 1. The van der Waals surface area contributed by atoms with Crippen LogP contribution in [0.3, 0.4) is 0 Å². The van der Waals surface area contributed by atoms with Gasteiger partial charge in [0.25, 0.3) is 0 Å². The van der Waals surface area contributed by atoms with Gasteiger partial charge in [-0.3, -0.25) is 5.10 Å². The van der Waals surface area contributed by atoms with Crippen LogP contribution in [0.2, 0.25) is 0 Å². The van der Waals surface area contributed by atoms with Gasteiger partial charge in [-0.25, -0.2) is 0 Å². The van der Waals surface area contributed by atoms with E-state index in [1.807, 2.05) is 12.4 Å². The molecular weight excluding hydrogens is 190 g/mol. The summed E-state index contributed by atoms with van der Waals surface area (Å²) in [7, 11) is 0. The number of nitrogens with zero attached hydrogens (tertiary/aromatic N) is 1. The number of aromatic nitrogens is 2. The van der Waals surface area contributed by atoms with E-state index in [4.69, 9.17) is 4.74 Å². The Morgan fingerprint density at radius 3 is 3.07 bits per heavy atom. The van der Waals surface area contributed by atoms with Gasteiger partial charge in [0.15, 0.2) is 0 Å². The first kappa shape index (κ1) is 10.6. The van der Waals surface area contributed by atoms with Gasteiger partial charge >= 0.3 is 0 Å². The number of aromatic amines is 1. The van der Waals surface area contributed by atoms with Crippen LogP contribution >= 0.6 is 0 Å². The molecular formula is C11H19N3O. The van der Waals surface area contributed by atoms with Gasteiger partial charge in [0, 0.05) is 30.5 Å². The second kappa shape index (κ2) is 4.77. The maximum atomic E-state index is 5.52. The van der Waals surface area contributed by atoms with Crippen molar-refractivity contribution in [3.63, 3.8) is 0 Å². The van der Waals surface area contributed by atoms with E-state index in [0.29, 0.717) is 18.2 Å². The molecule has 0 saturated heterocycles. The van der Waals surface area contributed by atoms with Crippen LogP contribution in [0, 0.1) is 0 Å². The smallest absolute Gasteiger partial charge is 0.0604 e. The van der Waals surface area contributed by atoms with Crippen LogP contribution in [0.25, 0.3) is 0 Å². The van der Waals surface area contributed by atoms with Gasteiger partial charge < -0.3 is 10.1 Å². The van der Waals surface area contributed by atoms with Gasteiger partial charge in [-0.15, -0.1) is 0 Å². The molecule has 0 bridgehead atoms. The van der Waals surface area contributed by atoms with Gasteiger partial charge in [0.05, 0.1) is 12.3 Å². The standard InChI is InChI=1S/C11H19N3O/c1-3-15-11-4-10(5-11)14-8(2)9-6-12-13-7-9/h6-8,10-11,14H,3-5H2,1-2H3,(H,12,13). The summed E-state index contributed by atoms with van der Waals surface area (Å²) in [6.07, 6.45) is 6.56. The maximum absolute atomic E-state index is 5.52. The minimum Gasteiger partial charge on any atom is -0.378 e. The summed E-state index contributed by atoms with van der Waals surface area (Å²) in [5, 5.41) is 10.4. The lowest BCUT2D eigenvalue weighted by Crippen LogP contribution is -2.46. The quantitative estimate of drug-likeness (QED) is 0.775. The lowest BCUT2D eigenvalue weighted by Gasteiger charge is -2.37. The van der Waals surface area contributed by atoms with Crippen molar-refractivity contribution >= 4 is 0 Å². The molecule has 1 atom stereocenters. The summed E-state index contributed by atoms with van der Waals surface area (Å²) in [6.45, 7) is 5.04. The Labute approximate surface area is 90.4 Å². The summed E-state index contributed by atoms with van der Waals surface area (Å²) in [5.41, 5.74) is 1.22. The Bertz CT molecular complexity index is 280. The van der Waals surface area contributed by atoms with Crippen molar-refractivity contribution in [1.82, 2.24) is 15.5 Å². The molecule has 4 nitrogen and oxygen atoms in total. The van der Waals surface area contributed by atoms with Gasteiger partial charge in [-0.2, -0.15) is 5.10 Å². The molecule has 1 fully saturated rings. The zero-order valence-corrected chi connectivity index (χ0v) is 9.36. The highest BCUT2D eigenvalue weighted by Gasteiger charge is 2.30. The van der Waals surface area contributed by atoms with E-state index in [1.165, 1.54) is 5.56 Å². The Morgan fingerprint density at radius 2 is 2.47 bits per heavy atom. The minimum atomic E-state index is 0.372. The highest BCUT2D eigenvalue weighted by molar-refractivity contribution is 5.08. The number of rotatable bonds is 5. The molecule has 1 heterocycles. The minimum absolute atomic E-state index is 0.372. The zero-order valence-electron chi connectivity index (χ0n) is 9.36. The molecule has 0 radical (unpaired) electrons. The van der Waals surface area contributed by atoms with E-state index >= 15 is 0 Å². The molecule has 1 aromatic heterocycles. The molecule has 1 aromatic rings. The molecule has 4 heteroatoms. The molecule has 84 valence electrons. The van der Waals surface area contributed by atoms with E-state index in [0.717, 1.165) is 19.4 Å². The third kappa shape index (κ3) is 2.58. The van der Waals surface area contributed by atoms with Crippen LogP contribution in [0.4, 0.5) is 0 Å². The molecule has 1 aliphatic rings. The van der Waals surface area contributed by atoms with Crippen LogP contribution in [0.5, 0.6) is 0 Å². The van der Waals surface area contributed by atoms with Crippen molar-refractivity contribution in [3.05, 3.63) is 18.0 Å². The Hall–Kier alpha value is -0.870. The van der Waals surface area contributed by atoms with Crippen molar-refractivity contribution in [2.24, 2.45) is 0 Å². The third-order valence-corrected chi connectivity index (χ3v) is 3.00. The lowest BCUT2D eigenvalue weighted by molar-refractivity contribution is -0.0120. The molecule has 0 aromatic carbocycles. The predicted octanol–water partition coefficient (Wildman–Crippen LogP) is 1.63. The molecule has 1 saturated carbocycles. The van der Waals surface area contributed by atoms with Gasteiger partial charge in [0.2, 0.25) is 0 Å². The largest absolute Gasteiger partial charge is 0.378 e. The average molecular weight is 209 g/mol. The summed E-state index contributed by atoms with van der Waals surface area (Å²) < 4.78 is 5.52. The second-order valence-corrected chi connectivity index (χ2v) is 4.17. The van der Waals surface area contributed by atoms with Crippen LogP contribution in [0.15, 0.2) is 12.4 Å². The van der Waals surface area contributed by atoms with Gasteiger partial charge in [-0.1, -0.05) is 0 Å². The Kier molecular flexibility index (Phi) is 3.38. The molecule has 1 aliphatic carbocycles. The van der Waals surface area contributed by atoms with Crippen molar-refractivity contribution in [2.75, 3.05) is 6.61 Å². The highest BCUT2D eigenvalue weighted by atomic mass is 16.5. The fourth-order valence-electron chi connectivity index (χ4n) is 2.02. The summed E-state index contributed by atoms with van der Waals surface area (Å²) in [6, 6.07) is 0.975. The van der Waals surface area contributed by atoms with Crippen molar-refractivity contribution in [1.29, 1.82) is 0 Å². The average Bonchev–Trinajstić information content (AvgIpc) is 2.67. The van der Waals surface area contributed by atoms with E-state index in [9.17, 15) is 0 Å². The molecule has 0 aliphatic heterocycles. The van der Waals surface area contributed by atoms with Crippen LogP contribution in [0.1, 0.15) is 38.3 Å². The van der Waals surface area contributed by atoms with E-state index in [2.05, 4.69) is 29.4 Å². The SMILES string of the molecule is CCOC1CC(NC(C)c2cn[nH]c2)C1. The maximum Gasteiger partial charge on any atom is 0.0604 e. The summed E-state index contributed by atoms with van der Waals surface area (Å²) >= 11 is 0. The summed E-state index contributed by atoms with van der Waals surface area (Å²) in [4.78, 5) is 0. The molecule has 0 spiro atoms. The topological polar surface area (TPSA) is 49.9 Å². The molecule has 15 heavy (non-hydrogen) atoms. The third-order valence-electron chi connectivity index (χ3n) is 3.00. The van der Waals surface area contributed by atoms with Crippen LogP contribution in [-0.2, 0) is 4.74 Å². The highest BCUT2D eigenvalue weighted by Crippen LogP contribution is 2.25. The predicted molar refractivity (Wildman–Crippen MR) is 58.6 cm³/mol. The van der Waals surface area contributed by atoms with E-state index in [-0.39, 0.29) is 0 Å². The van der Waals surface area contributed by atoms with Gasteiger partial charge in [-0.05, 0) is 26.7 Å². The lowest BCUT2D eigenvalue weighted by atomic mass is 9.88. The summed E-state index contributed by atoms with van der Waals surface area (Å²) in [5.74, 6) is 0. The number of H-pyrrole nitrogens is 1. The first-order chi connectivity index (χ1) is 7.29. The molecule has 0 amide bonds. The van der Waals surface area contributed by atoms with Crippen LogP contribution in [-0.4, -0.2) is 29.0 Å². The second-order valence-electron chi connectivity index (χ2n) is 4.17.